The Bertz CT molecular complexity index is 985. The summed E-state index contributed by atoms with van der Waals surface area (Å²) in [4.78, 5) is 0. The quantitative estimate of drug-likeness (QED) is 0.208. The van der Waals surface area contributed by atoms with Gasteiger partial charge in [0.05, 0.1) is 0 Å². The molecule has 1 atom stereocenters. The van der Waals surface area contributed by atoms with Crippen molar-refractivity contribution < 1.29 is 4.57 Å². The van der Waals surface area contributed by atoms with Crippen LogP contribution in [0.25, 0.3) is 0 Å². The van der Waals surface area contributed by atoms with Crippen LogP contribution in [0.4, 0.5) is 0 Å². The Morgan fingerprint density at radius 2 is 1.45 bits per heavy atom. The number of nitrogens with zero attached hydrogens (tertiary/aromatic N) is 1. The molecule has 0 heterocycles. The predicted molar refractivity (Wildman–Crippen MR) is 152 cm³/mol. The van der Waals surface area contributed by atoms with Crippen molar-refractivity contribution in [1.29, 1.82) is 0 Å². The topological polar surface area (TPSA) is 20.3 Å². The maximum Gasteiger partial charge on any atom is 0.211 e. The highest BCUT2D eigenvalue weighted by atomic mass is 31.2. The Hall–Kier alpha value is -2.50. The molecule has 1 unspecified atom stereocenters. The fourth-order valence-electron chi connectivity index (χ4n) is 3.35. The van der Waals surface area contributed by atoms with E-state index in [9.17, 15) is 0 Å². The van der Waals surface area contributed by atoms with Crippen molar-refractivity contribution in [2.75, 3.05) is 6.54 Å². The van der Waals surface area contributed by atoms with Crippen LogP contribution in [0.15, 0.2) is 139 Å². The van der Waals surface area contributed by atoms with Crippen LogP contribution >= 0.6 is 15.4 Å². The summed E-state index contributed by atoms with van der Waals surface area (Å²) >= 11 is 0. The molecule has 1 aromatic carbocycles. The fraction of sp³-hybridized carbons (Fsp3) is 0.172. The summed E-state index contributed by atoms with van der Waals surface area (Å²) in [6.45, 7) is 20.7. The molecule has 0 bridgehead atoms. The van der Waals surface area contributed by atoms with Gasteiger partial charge >= 0.3 is 0 Å². The number of hydrogen-bond donors (Lipinski definition) is 0. The monoisotopic (exact) mass is 477 g/mol. The van der Waals surface area contributed by atoms with Crippen molar-refractivity contribution in [2.24, 2.45) is 0 Å². The zero-order valence-corrected chi connectivity index (χ0v) is 22.2. The van der Waals surface area contributed by atoms with Crippen molar-refractivity contribution in [3.05, 3.63) is 139 Å². The lowest BCUT2D eigenvalue weighted by atomic mass is 10.4. The van der Waals surface area contributed by atoms with Crippen LogP contribution in [0, 0.1) is 0 Å². The van der Waals surface area contributed by atoms with Gasteiger partial charge in [-0.05, 0) is 31.4 Å². The highest BCUT2D eigenvalue weighted by Gasteiger charge is 2.40. The minimum atomic E-state index is -3.27. The highest BCUT2D eigenvalue weighted by molar-refractivity contribution is 7.83. The van der Waals surface area contributed by atoms with E-state index in [1.54, 1.807) is 12.2 Å². The third-order valence-corrected chi connectivity index (χ3v) is 11.1. The van der Waals surface area contributed by atoms with E-state index in [1.807, 2.05) is 99.7 Å². The van der Waals surface area contributed by atoms with E-state index in [0.717, 1.165) is 21.2 Å². The average molecular weight is 478 g/mol. The SMILES string of the molecule is C=C/C=C(\C=C/C)P(=O)(C(/C=C\C)=C/C=C)N(CC)P(C(=C)/C=C\C=C/C)c1ccccc1. The van der Waals surface area contributed by atoms with Crippen LogP contribution in [-0.4, -0.2) is 11.0 Å². The molecule has 174 valence electrons. The van der Waals surface area contributed by atoms with Gasteiger partial charge in [-0.1, -0.05) is 130 Å². The van der Waals surface area contributed by atoms with Crippen molar-refractivity contribution in [3.8, 4) is 0 Å². The largest absolute Gasteiger partial charge is 0.296 e. The van der Waals surface area contributed by atoms with Gasteiger partial charge in [-0.25, -0.2) is 4.44 Å². The molecule has 0 aliphatic heterocycles. The lowest BCUT2D eigenvalue weighted by molar-refractivity contribution is 0.549. The van der Waals surface area contributed by atoms with Crippen molar-refractivity contribution >= 4 is 20.7 Å². The lowest BCUT2D eigenvalue weighted by Gasteiger charge is -2.39. The molecular weight excluding hydrogens is 440 g/mol. The highest BCUT2D eigenvalue weighted by Crippen LogP contribution is 2.73. The van der Waals surface area contributed by atoms with E-state index in [-0.39, 0.29) is 0 Å². The molecule has 0 saturated heterocycles. The Balaban J connectivity index is 4.01. The zero-order chi connectivity index (χ0) is 24.7. The van der Waals surface area contributed by atoms with Crippen molar-refractivity contribution in [2.45, 2.75) is 27.7 Å². The Morgan fingerprint density at radius 1 is 0.909 bits per heavy atom. The molecule has 33 heavy (non-hydrogen) atoms. The molecule has 0 aromatic heterocycles. The van der Waals surface area contributed by atoms with E-state index in [2.05, 4.69) is 43.2 Å². The van der Waals surface area contributed by atoms with E-state index in [0.29, 0.717) is 6.54 Å². The molecule has 0 amide bonds. The summed E-state index contributed by atoms with van der Waals surface area (Å²) in [7, 11) is -4.43. The smallest absolute Gasteiger partial charge is 0.211 e. The molecule has 0 fully saturated rings. The summed E-state index contributed by atoms with van der Waals surface area (Å²) in [5.41, 5.74) is 0. The second kappa shape index (κ2) is 15.4. The number of hydrogen-bond acceptors (Lipinski definition) is 1. The number of benzene rings is 1. The molecule has 2 nitrogen and oxygen atoms in total. The molecule has 1 rings (SSSR count). The van der Waals surface area contributed by atoms with Gasteiger partial charge < -0.3 is 0 Å². The first-order valence-corrected chi connectivity index (χ1v) is 14.0. The lowest BCUT2D eigenvalue weighted by Crippen LogP contribution is -2.22. The first-order valence-electron chi connectivity index (χ1n) is 11.1. The van der Waals surface area contributed by atoms with Gasteiger partial charge in [-0.2, -0.15) is 0 Å². The van der Waals surface area contributed by atoms with Gasteiger partial charge in [-0.15, -0.1) is 0 Å². The van der Waals surface area contributed by atoms with Crippen LogP contribution in [0.5, 0.6) is 0 Å². The fourth-order valence-corrected chi connectivity index (χ4v) is 10.0. The van der Waals surface area contributed by atoms with Crippen molar-refractivity contribution in [1.82, 2.24) is 4.44 Å². The molecule has 4 heteroatoms. The number of allylic oxidation sites excluding steroid dienone is 15. The summed E-state index contributed by atoms with van der Waals surface area (Å²) in [6.07, 6.45) is 22.7. The molecule has 0 radical (unpaired) electrons. The van der Waals surface area contributed by atoms with Gasteiger partial charge in [0.25, 0.3) is 0 Å². The first-order chi connectivity index (χ1) is 16.0. The maximum absolute atomic E-state index is 15.3. The van der Waals surface area contributed by atoms with E-state index >= 15 is 4.57 Å². The van der Waals surface area contributed by atoms with Crippen LogP contribution < -0.4 is 5.30 Å². The predicted octanol–water partition coefficient (Wildman–Crippen LogP) is 9.25. The number of rotatable bonds is 13. The van der Waals surface area contributed by atoms with E-state index in [1.165, 1.54) is 0 Å². The molecule has 0 aliphatic carbocycles. The standard InChI is InChI=1S/C29H37NOP2/c1-8-14-16-23-26(7)32(27-24-17-15-18-25-27)30(13-6)33(31,28(19-9-2)20-10-3)29(21-11-4)22-12-5/h8-12,14-25H,2,4,7,13H2,1,3,5-6H3/b14-8-,20-10-,22-12-,23-16-,28-19+,29-21+. The Morgan fingerprint density at radius 3 is 1.88 bits per heavy atom. The Labute approximate surface area is 202 Å². The zero-order valence-electron chi connectivity index (χ0n) is 20.4. The molecule has 0 spiro atoms. The maximum atomic E-state index is 15.3. The molecule has 0 N–H and O–H groups in total. The average Bonchev–Trinajstić information content (AvgIpc) is 2.82. The third-order valence-electron chi connectivity index (χ3n) is 4.66. The summed E-state index contributed by atoms with van der Waals surface area (Å²) in [5.74, 6) is 0. The minimum Gasteiger partial charge on any atom is -0.296 e. The van der Waals surface area contributed by atoms with Crippen LogP contribution in [0.1, 0.15) is 27.7 Å². The minimum absolute atomic E-state index is 0.576. The van der Waals surface area contributed by atoms with E-state index in [4.69, 9.17) is 0 Å². The van der Waals surface area contributed by atoms with Gasteiger partial charge in [0.15, 0.2) is 0 Å². The van der Waals surface area contributed by atoms with Crippen LogP contribution in [0.3, 0.4) is 0 Å². The van der Waals surface area contributed by atoms with Crippen molar-refractivity contribution in [3.63, 3.8) is 0 Å². The Kier molecular flexibility index (Phi) is 13.3. The summed E-state index contributed by atoms with van der Waals surface area (Å²) in [5, 5.41) is 3.47. The van der Waals surface area contributed by atoms with Crippen LogP contribution in [0.2, 0.25) is 0 Å². The van der Waals surface area contributed by atoms with Crippen LogP contribution in [-0.2, 0) is 4.57 Å². The second-order valence-electron chi connectivity index (χ2n) is 6.94. The normalized spacial score (nSPS) is 16.2. The molecule has 0 aliphatic rings. The van der Waals surface area contributed by atoms with Gasteiger partial charge in [-0.3, -0.25) is 4.57 Å². The third kappa shape index (κ3) is 7.51. The van der Waals surface area contributed by atoms with E-state index < -0.39 is 15.4 Å². The molecule has 0 saturated carbocycles. The van der Waals surface area contributed by atoms with Gasteiger partial charge in [0, 0.05) is 25.2 Å². The first kappa shape index (κ1) is 28.5. The van der Waals surface area contributed by atoms with Gasteiger partial charge in [0.2, 0.25) is 7.29 Å². The van der Waals surface area contributed by atoms with Gasteiger partial charge in [0.1, 0.15) is 0 Å². The molecular formula is C29H37NOP2. The summed E-state index contributed by atoms with van der Waals surface area (Å²) < 4.78 is 17.4. The molecule has 1 aromatic rings. The summed E-state index contributed by atoms with van der Waals surface area (Å²) in [6, 6.07) is 10.2. The second-order valence-corrected chi connectivity index (χ2v) is 12.1.